The maximum atomic E-state index is 13.9. The van der Waals surface area contributed by atoms with Crippen LogP contribution < -0.4 is 10.6 Å². The molecule has 7 nitrogen and oxygen atoms in total. The molecule has 0 radical (unpaired) electrons. The van der Waals surface area contributed by atoms with Crippen molar-refractivity contribution in [1.29, 1.82) is 0 Å². The topological polar surface area (TPSA) is 94.3 Å². The number of fused-ring (bicyclic) bond motifs is 7. The number of carbonyl (C=O) groups excluding carboxylic acids is 3. The Bertz CT molecular complexity index is 1560. The molecule has 0 aliphatic carbocycles. The third-order valence-electron chi connectivity index (χ3n) is 7.96. The number of amides is 3. The van der Waals surface area contributed by atoms with Gasteiger partial charge in [-0.15, -0.1) is 0 Å². The quantitative estimate of drug-likeness (QED) is 0.342. The molecule has 3 amide bonds. The van der Waals surface area contributed by atoms with Gasteiger partial charge in [-0.3, -0.25) is 14.4 Å². The average molecular weight is 521 g/mol. The number of nitrogens with one attached hydrogen (secondary N) is 3. The fraction of sp³-hybridized carbons (Fsp3) is 0.281. The van der Waals surface area contributed by atoms with Gasteiger partial charge in [0.25, 0.3) is 5.91 Å². The van der Waals surface area contributed by atoms with Crippen LogP contribution in [-0.4, -0.2) is 46.2 Å². The van der Waals surface area contributed by atoms with Gasteiger partial charge in [0.15, 0.2) is 0 Å². The second kappa shape index (κ2) is 10.1. The minimum absolute atomic E-state index is 0.125. The van der Waals surface area contributed by atoms with Crippen molar-refractivity contribution in [2.75, 3.05) is 6.54 Å². The Labute approximate surface area is 227 Å². The van der Waals surface area contributed by atoms with E-state index in [1.165, 1.54) is 0 Å². The summed E-state index contributed by atoms with van der Waals surface area (Å²) in [6.07, 6.45) is 1.08. The zero-order valence-corrected chi connectivity index (χ0v) is 22.1. The van der Waals surface area contributed by atoms with Crippen LogP contribution in [0.5, 0.6) is 0 Å². The van der Waals surface area contributed by atoms with E-state index in [1.807, 2.05) is 86.6 Å². The summed E-state index contributed by atoms with van der Waals surface area (Å²) in [6.45, 7) is 4.31. The lowest BCUT2D eigenvalue weighted by Crippen LogP contribution is -2.57. The molecule has 198 valence electrons. The predicted molar refractivity (Wildman–Crippen MR) is 150 cm³/mol. The number of rotatable bonds is 7. The van der Waals surface area contributed by atoms with Crippen molar-refractivity contribution in [3.63, 3.8) is 0 Å². The fourth-order valence-corrected chi connectivity index (χ4v) is 6.01. The highest BCUT2D eigenvalue weighted by atomic mass is 16.2. The van der Waals surface area contributed by atoms with Gasteiger partial charge in [0.2, 0.25) is 11.8 Å². The molecule has 6 rings (SSSR count). The lowest BCUT2D eigenvalue weighted by molar-refractivity contribution is -0.132. The second-order valence-corrected chi connectivity index (χ2v) is 10.7. The van der Waals surface area contributed by atoms with Crippen LogP contribution in [0.1, 0.15) is 52.6 Å². The molecule has 1 aromatic heterocycles. The van der Waals surface area contributed by atoms with Crippen LogP contribution in [0, 0.1) is 5.92 Å². The third kappa shape index (κ3) is 4.38. The minimum atomic E-state index is -0.736. The van der Waals surface area contributed by atoms with Crippen molar-refractivity contribution in [2.45, 2.75) is 44.8 Å². The molecule has 3 N–H and O–H groups in total. The molecule has 4 aromatic rings. The highest BCUT2D eigenvalue weighted by Gasteiger charge is 2.49. The van der Waals surface area contributed by atoms with E-state index in [2.05, 4.69) is 21.7 Å². The van der Waals surface area contributed by atoms with Crippen LogP contribution >= 0.6 is 0 Å². The van der Waals surface area contributed by atoms with E-state index in [0.717, 1.165) is 33.3 Å². The Morgan fingerprint density at radius 2 is 1.69 bits per heavy atom. The van der Waals surface area contributed by atoms with E-state index in [0.29, 0.717) is 24.9 Å². The van der Waals surface area contributed by atoms with Gasteiger partial charge >= 0.3 is 0 Å². The summed E-state index contributed by atoms with van der Waals surface area (Å²) in [5.41, 5.74) is 5.64. The molecule has 0 spiro atoms. The van der Waals surface area contributed by atoms with Crippen LogP contribution in [0.3, 0.4) is 0 Å². The number of benzene rings is 3. The first-order valence-corrected chi connectivity index (χ1v) is 13.6. The van der Waals surface area contributed by atoms with E-state index in [-0.39, 0.29) is 29.7 Å². The second-order valence-electron chi connectivity index (χ2n) is 10.7. The molecule has 0 saturated heterocycles. The van der Waals surface area contributed by atoms with Crippen LogP contribution in [0.25, 0.3) is 10.9 Å². The van der Waals surface area contributed by atoms with Crippen molar-refractivity contribution < 1.29 is 14.4 Å². The molecule has 0 saturated carbocycles. The fourth-order valence-electron chi connectivity index (χ4n) is 6.01. The number of para-hydroxylation sites is 1. The summed E-state index contributed by atoms with van der Waals surface area (Å²) in [5.74, 6) is -0.812. The summed E-state index contributed by atoms with van der Waals surface area (Å²) >= 11 is 0. The Hall–Kier alpha value is -4.39. The first-order chi connectivity index (χ1) is 18.9. The SMILES string of the molecule is CC(C)[C@H](NC(=O)[C@@H]1Cc2c([nH]c3ccccc23)[C@@H]2c3ccccc3C(=O)N21)C(=O)NCCc1ccccc1. The summed E-state index contributed by atoms with van der Waals surface area (Å²) in [4.78, 5) is 46.0. The first-order valence-electron chi connectivity index (χ1n) is 13.6. The van der Waals surface area contributed by atoms with Gasteiger partial charge in [0.1, 0.15) is 12.1 Å². The monoisotopic (exact) mass is 520 g/mol. The maximum Gasteiger partial charge on any atom is 0.255 e. The largest absolute Gasteiger partial charge is 0.356 e. The van der Waals surface area contributed by atoms with E-state index >= 15 is 0 Å². The van der Waals surface area contributed by atoms with Gasteiger partial charge in [-0.25, -0.2) is 0 Å². The van der Waals surface area contributed by atoms with Gasteiger partial charge in [0, 0.05) is 35.1 Å². The molecule has 3 atom stereocenters. The van der Waals surface area contributed by atoms with Crippen molar-refractivity contribution in [2.24, 2.45) is 5.92 Å². The van der Waals surface area contributed by atoms with Crippen molar-refractivity contribution in [1.82, 2.24) is 20.5 Å². The summed E-state index contributed by atoms with van der Waals surface area (Å²) < 4.78 is 0. The molecular formula is C32H32N4O3. The number of carbonyl (C=O) groups is 3. The highest BCUT2D eigenvalue weighted by molar-refractivity contribution is 6.04. The molecule has 0 unspecified atom stereocenters. The van der Waals surface area contributed by atoms with Crippen LogP contribution in [0.2, 0.25) is 0 Å². The number of hydrogen-bond acceptors (Lipinski definition) is 3. The molecule has 0 fully saturated rings. The van der Waals surface area contributed by atoms with E-state index in [9.17, 15) is 14.4 Å². The molecular weight excluding hydrogens is 488 g/mol. The van der Waals surface area contributed by atoms with E-state index in [4.69, 9.17) is 0 Å². The number of aromatic nitrogens is 1. The van der Waals surface area contributed by atoms with Crippen molar-refractivity contribution in [3.05, 3.63) is 107 Å². The molecule has 7 heteroatoms. The Kier molecular flexibility index (Phi) is 6.43. The number of aromatic amines is 1. The van der Waals surface area contributed by atoms with Crippen LogP contribution in [0.4, 0.5) is 0 Å². The first kappa shape index (κ1) is 24.9. The molecule has 2 aliphatic rings. The standard InChI is InChI=1S/C32H32N4O3/c1-19(2)27(31(38)33-17-16-20-10-4-3-5-11-20)35-30(37)26-18-24-21-12-8-9-15-25(21)34-28(24)29-22-13-6-7-14-23(22)32(39)36(26)29/h3-15,19,26-27,29,34H,16-18H2,1-2H3,(H,33,38)(H,35,37)/t26-,27-,29-/m0/s1. The third-order valence-corrected chi connectivity index (χ3v) is 7.96. The maximum absolute atomic E-state index is 13.9. The average Bonchev–Trinajstić information content (AvgIpc) is 3.47. The molecule has 2 aliphatic heterocycles. The Morgan fingerprint density at radius 1 is 0.974 bits per heavy atom. The summed E-state index contributed by atoms with van der Waals surface area (Å²) in [5, 5.41) is 7.05. The molecule has 3 aromatic carbocycles. The smallest absolute Gasteiger partial charge is 0.255 e. The zero-order chi connectivity index (χ0) is 27.1. The molecule has 0 bridgehead atoms. The lowest BCUT2D eigenvalue weighted by Gasteiger charge is -2.38. The van der Waals surface area contributed by atoms with E-state index in [1.54, 1.807) is 4.90 Å². The minimum Gasteiger partial charge on any atom is -0.356 e. The number of H-pyrrole nitrogens is 1. The van der Waals surface area contributed by atoms with E-state index < -0.39 is 12.1 Å². The van der Waals surface area contributed by atoms with Gasteiger partial charge in [-0.05, 0) is 41.2 Å². The number of nitrogens with zero attached hydrogens (tertiary/aromatic N) is 1. The summed E-state index contributed by atoms with van der Waals surface area (Å²) in [6, 6.07) is 23.7. The Morgan fingerprint density at radius 3 is 2.49 bits per heavy atom. The highest BCUT2D eigenvalue weighted by Crippen LogP contribution is 2.46. The molecule has 3 heterocycles. The zero-order valence-electron chi connectivity index (χ0n) is 22.1. The van der Waals surface area contributed by atoms with Crippen LogP contribution in [0.15, 0.2) is 78.9 Å². The van der Waals surface area contributed by atoms with Gasteiger partial charge in [-0.2, -0.15) is 0 Å². The van der Waals surface area contributed by atoms with Gasteiger partial charge in [0.05, 0.1) is 6.04 Å². The Balaban J connectivity index is 1.27. The van der Waals surface area contributed by atoms with Gasteiger partial charge in [-0.1, -0.05) is 80.6 Å². The van der Waals surface area contributed by atoms with Crippen LogP contribution in [-0.2, 0) is 22.4 Å². The van der Waals surface area contributed by atoms with Crippen molar-refractivity contribution >= 4 is 28.6 Å². The normalized spacial score (nSPS) is 18.4. The molecule has 39 heavy (non-hydrogen) atoms. The van der Waals surface area contributed by atoms with Crippen molar-refractivity contribution in [3.8, 4) is 0 Å². The van der Waals surface area contributed by atoms with Gasteiger partial charge < -0.3 is 20.5 Å². The number of hydrogen-bond donors (Lipinski definition) is 3. The predicted octanol–water partition coefficient (Wildman–Crippen LogP) is 4.14. The lowest BCUT2D eigenvalue weighted by atomic mass is 9.89. The summed E-state index contributed by atoms with van der Waals surface area (Å²) in [7, 11) is 0.